The van der Waals surface area contributed by atoms with Crippen molar-refractivity contribution in [3.05, 3.63) is 18.2 Å². The Labute approximate surface area is 137 Å². The fraction of sp³-hybridized carbons (Fsp3) is 0.611. The first-order chi connectivity index (χ1) is 11.2. The molecule has 1 saturated carbocycles. The lowest BCUT2D eigenvalue weighted by Crippen LogP contribution is -2.55. The Balaban J connectivity index is 1.67. The third kappa shape index (κ3) is 2.47. The SMILES string of the molecule is CN1C(=O)C2(CCCCC2)Oc2cc(N3CCNCC3)ccc21. The van der Waals surface area contributed by atoms with Gasteiger partial charge in [-0.05, 0) is 37.8 Å². The van der Waals surface area contributed by atoms with Crippen LogP contribution in [0.5, 0.6) is 5.75 Å². The lowest BCUT2D eigenvalue weighted by molar-refractivity contribution is -0.138. The number of amides is 1. The van der Waals surface area contributed by atoms with E-state index in [1.807, 2.05) is 13.1 Å². The molecule has 1 aliphatic carbocycles. The highest BCUT2D eigenvalue weighted by Crippen LogP contribution is 2.44. The number of likely N-dealkylation sites (N-methyl/N-ethyl adjacent to an activating group) is 1. The second kappa shape index (κ2) is 5.71. The molecule has 1 aromatic rings. The van der Waals surface area contributed by atoms with Gasteiger partial charge in [0.25, 0.3) is 5.91 Å². The van der Waals surface area contributed by atoms with Gasteiger partial charge in [-0.15, -0.1) is 0 Å². The number of rotatable bonds is 1. The molecule has 23 heavy (non-hydrogen) atoms. The van der Waals surface area contributed by atoms with Crippen LogP contribution in [-0.4, -0.2) is 44.7 Å². The average Bonchev–Trinajstić information content (AvgIpc) is 2.61. The lowest BCUT2D eigenvalue weighted by atomic mass is 9.82. The van der Waals surface area contributed by atoms with Crippen LogP contribution in [0.15, 0.2) is 18.2 Å². The third-order valence-corrected chi connectivity index (χ3v) is 5.45. The van der Waals surface area contributed by atoms with Gasteiger partial charge in [0.15, 0.2) is 5.60 Å². The first-order valence-corrected chi connectivity index (χ1v) is 8.77. The number of fused-ring (bicyclic) bond motifs is 1. The fourth-order valence-electron chi connectivity index (χ4n) is 4.09. The van der Waals surface area contributed by atoms with Crippen LogP contribution in [0, 0.1) is 0 Å². The van der Waals surface area contributed by atoms with E-state index in [2.05, 4.69) is 22.3 Å². The first-order valence-electron chi connectivity index (χ1n) is 8.77. The van der Waals surface area contributed by atoms with Crippen molar-refractivity contribution in [2.24, 2.45) is 0 Å². The van der Waals surface area contributed by atoms with Gasteiger partial charge in [0, 0.05) is 45.0 Å². The minimum absolute atomic E-state index is 0.125. The van der Waals surface area contributed by atoms with Gasteiger partial charge in [-0.3, -0.25) is 4.79 Å². The molecular formula is C18H25N3O2. The molecule has 3 aliphatic rings. The van der Waals surface area contributed by atoms with Gasteiger partial charge in [-0.25, -0.2) is 0 Å². The molecule has 2 aliphatic heterocycles. The van der Waals surface area contributed by atoms with E-state index in [4.69, 9.17) is 4.74 Å². The van der Waals surface area contributed by atoms with Crippen LogP contribution in [-0.2, 0) is 4.79 Å². The normalized spacial score (nSPS) is 23.6. The van der Waals surface area contributed by atoms with Crippen molar-refractivity contribution in [3.8, 4) is 5.75 Å². The van der Waals surface area contributed by atoms with Gasteiger partial charge < -0.3 is 19.9 Å². The Bertz CT molecular complexity index is 604. The number of nitrogens with zero attached hydrogens (tertiary/aromatic N) is 2. The number of piperazine rings is 1. The topological polar surface area (TPSA) is 44.8 Å². The predicted molar refractivity (Wildman–Crippen MR) is 91.4 cm³/mol. The number of ether oxygens (including phenoxy) is 1. The molecule has 1 amide bonds. The van der Waals surface area contributed by atoms with Gasteiger partial charge in [0.1, 0.15) is 5.75 Å². The van der Waals surface area contributed by atoms with Crippen LogP contribution in [0.2, 0.25) is 0 Å². The average molecular weight is 315 g/mol. The molecule has 2 heterocycles. The number of anilines is 2. The number of hydrogen-bond acceptors (Lipinski definition) is 4. The standard InChI is InChI=1S/C18H25N3O2/c1-20-15-6-5-14(21-11-9-19-10-12-21)13-16(15)23-18(17(20)22)7-3-2-4-8-18/h5-6,13,19H,2-4,7-12H2,1H3. The molecule has 124 valence electrons. The summed E-state index contributed by atoms with van der Waals surface area (Å²) in [6.07, 6.45) is 5.04. The lowest BCUT2D eigenvalue weighted by Gasteiger charge is -2.43. The van der Waals surface area contributed by atoms with Gasteiger partial charge in [-0.2, -0.15) is 0 Å². The number of benzene rings is 1. The summed E-state index contributed by atoms with van der Waals surface area (Å²) in [6.45, 7) is 4.05. The Morgan fingerprint density at radius 3 is 2.61 bits per heavy atom. The predicted octanol–water partition coefficient (Wildman–Crippen LogP) is 2.15. The summed E-state index contributed by atoms with van der Waals surface area (Å²) in [5.74, 6) is 0.990. The first kappa shape index (κ1) is 14.8. The third-order valence-electron chi connectivity index (χ3n) is 5.45. The summed E-state index contributed by atoms with van der Waals surface area (Å²) in [7, 11) is 1.88. The zero-order valence-corrected chi connectivity index (χ0v) is 13.8. The van der Waals surface area contributed by atoms with E-state index in [1.54, 1.807) is 4.90 Å². The number of nitrogens with one attached hydrogen (secondary N) is 1. The van der Waals surface area contributed by atoms with Crippen molar-refractivity contribution >= 4 is 17.3 Å². The summed E-state index contributed by atoms with van der Waals surface area (Å²) < 4.78 is 6.34. The van der Waals surface area contributed by atoms with E-state index < -0.39 is 5.60 Å². The molecule has 0 radical (unpaired) electrons. The van der Waals surface area contributed by atoms with Crippen molar-refractivity contribution in [3.63, 3.8) is 0 Å². The monoisotopic (exact) mass is 315 g/mol. The van der Waals surface area contributed by atoms with Crippen LogP contribution in [0.1, 0.15) is 32.1 Å². The van der Waals surface area contributed by atoms with Crippen LogP contribution >= 0.6 is 0 Å². The molecule has 5 heteroatoms. The minimum atomic E-state index is -0.623. The zero-order valence-electron chi connectivity index (χ0n) is 13.8. The minimum Gasteiger partial charge on any atom is -0.475 e. The maximum Gasteiger partial charge on any atom is 0.271 e. The van der Waals surface area contributed by atoms with Crippen molar-refractivity contribution < 1.29 is 9.53 Å². The quantitative estimate of drug-likeness (QED) is 0.862. The molecule has 1 aromatic carbocycles. The van der Waals surface area contributed by atoms with E-state index >= 15 is 0 Å². The smallest absolute Gasteiger partial charge is 0.271 e. The van der Waals surface area contributed by atoms with E-state index in [1.165, 1.54) is 12.1 Å². The van der Waals surface area contributed by atoms with E-state index in [0.29, 0.717) is 0 Å². The Morgan fingerprint density at radius 2 is 1.87 bits per heavy atom. The van der Waals surface area contributed by atoms with Crippen molar-refractivity contribution in [2.45, 2.75) is 37.7 Å². The molecule has 0 aromatic heterocycles. The van der Waals surface area contributed by atoms with Gasteiger partial charge in [0.05, 0.1) is 5.69 Å². The maximum atomic E-state index is 12.8. The maximum absolute atomic E-state index is 12.8. The summed E-state index contributed by atoms with van der Waals surface area (Å²) in [4.78, 5) is 17.0. The second-order valence-electron chi connectivity index (χ2n) is 6.91. The summed E-state index contributed by atoms with van der Waals surface area (Å²) in [5.41, 5.74) is 1.46. The molecule has 1 N–H and O–H groups in total. The van der Waals surface area contributed by atoms with Gasteiger partial charge >= 0.3 is 0 Å². The molecule has 0 unspecified atom stereocenters. The molecule has 1 spiro atoms. The van der Waals surface area contributed by atoms with E-state index in [9.17, 15) is 4.79 Å². The second-order valence-corrected chi connectivity index (χ2v) is 6.91. The molecule has 0 bridgehead atoms. The Hall–Kier alpha value is -1.75. The van der Waals surface area contributed by atoms with Crippen molar-refractivity contribution in [1.82, 2.24) is 5.32 Å². The summed E-state index contributed by atoms with van der Waals surface area (Å²) >= 11 is 0. The summed E-state index contributed by atoms with van der Waals surface area (Å²) in [6, 6.07) is 6.26. The number of hydrogen-bond donors (Lipinski definition) is 1. The highest BCUT2D eigenvalue weighted by Gasteiger charge is 2.47. The molecule has 2 fully saturated rings. The largest absolute Gasteiger partial charge is 0.475 e. The molecule has 4 rings (SSSR count). The Kier molecular flexibility index (Phi) is 3.68. The van der Waals surface area contributed by atoms with E-state index in [-0.39, 0.29) is 5.91 Å². The molecule has 1 saturated heterocycles. The molecule has 0 atom stereocenters. The van der Waals surface area contributed by atoms with E-state index in [0.717, 1.165) is 63.3 Å². The highest BCUT2D eigenvalue weighted by atomic mass is 16.5. The number of carbonyl (C=O) groups excluding carboxylic acids is 1. The fourth-order valence-corrected chi connectivity index (χ4v) is 4.09. The van der Waals surface area contributed by atoms with Crippen LogP contribution in [0.4, 0.5) is 11.4 Å². The summed E-state index contributed by atoms with van der Waals surface area (Å²) in [5, 5.41) is 3.38. The molecular weight excluding hydrogens is 290 g/mol. The van der Waals surface area contributed by atoms with Crippen LogP contribution in [0.25, 0.3) is 0 Å². The highest BCUT2D eigenvalue weighted by molar-refractivity contribution is 6.02. The molecule has 5 nitrogen and oxygen atoms in total. The van der Waals surface area contributed by atoms with Gasteiger partial charge in [-0.1, -0.05) is 6.42 Å². The Morgan fingerprint density at radius 1 is 1.13 bits per heavy atom. The van der Waals surface area contributed by atoms with Gasteiger partial charge in [0.2, 0.25) is 0 Å². The van der Waals surface area contributed by atoms with Crippen molar-refractivity contribution in [2.75, 3.05) is 43.0 Å². The zero-order chi connectivity index (χ0) is 15.9. The van der Waals surface area contributed by atoms with Crippen LogP contribution in [0.3, 0.4) is 0 Å². The van der Waals surface area contributed by atoms with Crippen LogP contribution < -0.4 is 19.9 Å². The van der Waals surface area contributed by atoms with Crippen molar-refractivity contribution in [1.29, 1.82) is 0 Å². The number of carbonyl (C=O) groups is 1.